The van der Waals surface area contributed by atoms with Crippen LogP contribution in [-0.4, -0.2) is 24.9 Å². The molecule has 0 saturated carbocycles. The Morgan fingerprint density at radius 3 is 2.50 bits per heavy atom. The van der Waals surface area contributed by atoms with Crippen molar-refractivity contribution in [1.82, 2.24) is 0 Å². The fourth-order valence-corrected chi connectivity index (χ4v) is 1.26. The average molecular weight is 198 g/mol. The van der Waals surface area contributed by atoms with E-state index in [4.69, 9.17) is 9.84 Å². The normalized spacial score (nSPS) is 12.8. The second kappa shape index (κ2) is 5.73. The molecule has 0 radical (unpaired) electrons. The van der Waals surface area contributed by atoms with E-state index in [9.17, 15) is 4.39 Å². The number of halogens is 1. The number of ether oxygens (including phenoxy) is 1. The summed E-state index contributed by atoms with van der Waals surface area (Å²) in [6.07, 6.45) is 1.41. The zero-order valence-electron chi connectivity index (χ0n) is 8.24. The van der Waals surface area contributed by atoms with E-state index in [-0.39, 0.29) is 18.5 Å². The van der Waals surface area contributed by atoms with Crippen molar-refractivity contribution in [1.29, 1.82) is 0 Å². The minimum absolute atomic E-state index is 0.0255. The Hall–Kier alpha value is -0.930. The van der Waals surface area contributed by atoms with Gasteiger partial charge in [0.05, 0.1) is 12.7 Å². The topological polar surface area (TPSA) is 29.5 Å². The fourth-order valence-electron chi connectivity index (χ4n) is 1.26. The second-order valence-corrected chi connectivity index (χ2v) is 3.21. The lowest BCUT2D eigenvalue weighted by atomic mass is 10.1. The second-order valence-electron chi connectivity index (χ2n) is 3.21. The van der Waals surface area contributed by atoms with E-state index in [1.54, 1.807) is 19.2 Å². The third-order valence-corrected chi connectivity index (χ3v) is 2.21. The highest BCUT2D eigenvalue weighted by Gasteiger charge is 2.05. The zero-order chi connectivity index (χ0) is 10.4. The minimum Gasteiger partial charge on any atom is -0.394 e. The van der Waals surface area contributed by atoms with Crippen molar-refractivity contribution in [2.45, 2.75) is 18.9 Å². The van der Waals surface area contributed by atoms with Crippen LogP contribution in [0.1, 0.15) is 12.0 Å². The van der Waals surface area contributed by atoms with Crippen LogP contribution in [0.2, 0.25) is 0 Å². The number of methoxy groups -OCH3 is 1. The summed E-state index contributed by atoms with van der Waals surface area (Å²) in [7, 11) is 1.57. The van der Waals surface area contributed by atoms with Crippen LogP contribution < -0.4 is 0 Å². The van der Waals surface area contributed by atoms with Gasteiger partial charge in [-0.25, -0.2) is 4.39 Å². The van der Waals surface area contributed by atoms with Gasteiger partial charge in [0.2, 0.25) is 0 Å². The fraction of sp³-hybridized carbons (Fsp3) is 0.455. The molecule has 2 nitrogen and oxygen atoms in total. The molecule has 1 aromatic rings. The maximum Gasteiger partial charge on any atom is 0.123 e. The highest BCUT2D eigenvalue weighted by atomic mass is 19.1. The molecule has 0 aliphatic rings. The van der Waals surface area contributed by atoms with Crippen LogP contribution in [0.4, 0.5) is 4.39 Å². The molecule has 0 bridgehead atoms. The van der Waals surface area contributed by atoms with Crippen LogP contribution in [0.15, 0.2) is 24.3 Å². The molecule has 1 unspecified atom stereocenters. The summed E-state index contributed by atoms with van der Waals surface area (Å²) in [6.45, 7) is 0.0255. The predicted octanol–water partition coefficient (Wildman–Crippen LogP) is 1.77. The number of benzene rings is 1. The molecule has 0 aliphatic heterocycles. The minimum atomic E-state index is -0.223. The van der Waals surface area contributed by atoms with Crippen molar-refractivity contribution in [2.75, 3.05) is 13.7 Å². The van der Waals surface area contributed by atoms with E-state index in [0.29, 0.717) is 0 Å². The molecule has 0 aliphatic carbocycles. The standard InChI is InChI=1S/C11H15FO2/c1-14-11(8-13)7-4-9-2-5-10(12)6-3-9/h2-3,5-6,11,13H,4,7-8H2,1H3. The first kappa shape index (κ1) is 11.1. The molecule has 1 atom stereocenters. The zero-order valence-corrected chi connectivity index (χ0v) is 8.24. The Kier molecular flexibility index (Phi) is 4.56. The van der Waals surface area contributed by atoms with Gasteiger partial charge in [0.1, 0.15) is 5.82 Å². The van der Waals surface area contributed by atoms with Gasteiger partial charge in [-0.1, -0.05) is 12.1 Å². The first-order valence-electron chi connectivity index (χ1n) is 4.64. The first-order chi connectivity index (χ1) is 6.76. The number of hydrogen-bond donors (Lipinski definition) is 1. The maximum absolute atomic E-state index is 12.6. The predicted molar refractivity (Wildman–Crippen MR) is 52.6 cm³/mol. The maximum atomic E-state index is 12.6. The van der Waals surface area contributed by atoms with E-state index in [0.717, 1.165) is 18.4 Å². The van der Waals surface area contributed by atoms with Crippen LogP contribution in [0.3, 0.4) is 0 Å². The van der Waals surface area contributed by atoms with Gasteiger partial charge in [-0.3, -0.25) is 0 Å². The van der Waals surface area contributed by atoms with E-state index < -0.39 is 0 Å². The van der Waals surface area contributed by atoms with Crippen LogP contribution in [0, 0.1) is 5.82 Å². The van der Waals surface area contributed by atoms with Crippen LogP contribution >= 0.6 is 0 Å². The molecule has 0 aromatic heterocycles. The van der Waals surface area contributed by atoms with Gasteiger partial charge in [0, 0.05) is 7.11 Å². The van der Waals surface area contributed by atoms with E-state index in [2.05, 4.69) is 0 Å². The lowest BCUT2D eigenvalue weighted by Crippen LogP contribution is -2.16. The molecule has 0 fully saturated rings. The van der Waals surface area contributed by atoms with Crippen molar-refractivity contribution in [3.8, 4) is 0 Å². The van der Waals surface area contributed by atoms with Gasteiger partial charge >= 0.3 is 0 Å². The van der Waals surface area contributed by atoms with Crippen molar-refractivity contribution < 1.29 is 14.2 Å². The lowest BCUT2D eigenvalue weighted by molar-refractivity contribution is 0.0435. The highest BCUT2D eigenvalue weighted by Crippen LogP contribution is 2.08. The largest absolute Gasteiger partial charge is 0.394 e. The number of rotatable bonds is 5. The third kappa shape index (κ3) is 3.44. The number of aryl methyl sites for hydroxylation is 1. The van der Waals surface area contributed by atoms with Gasteiger partial charge in [-0.05, 0) is 30.5 Å². The Bertz CT molecular complexity index is 254. The third-order valence-electron chi connectivity index (χ3n) is 2.21. The van der Waals surface area contributed by atoms with E-state index >= 15 is 0 Å². The molecule has 0 saturated heterocycles. The SMILES string of the molecule is COC(CO)CCc1ccc(F)cc1. The quantitative estimate of drug-likeness (QED) is 0.781. The number of aliphatic hydroxyl groups excluding tert-OH is 1. The Morgan fingerprint density at radius 1 is 1.36 bits per heavy atom. The van der Waals surface area contributed by atoms with E-state index in [1.165, 1.54) is 12.1 Å². The van der Waals surface area contributed by atoms with Gasteiger partial charge < -0.3 is 9.84 Å². The highest BCUT2D eigenvalue weighted by molar-refractivity contribution is 5.16. The summed E-state index contributed by atoms with van der Waals surface area (Å²) >= 11 is 0. The molecule has 78 valence electrons. The van der Waals surface area contributed by atoms with Crippen molar-refractivity contribution in [2.24, 2.45) is 0 Å². The summed E-state index contributed by atoms with van der Waals surface area (Å²) < 4.78 is 17.6. The number of aliphatic hydroxyl groups is 1. The first-order valence-corrected chi connectivity index (χ1v) is 4.64. The van der Waals surface area contributed by atoms with Gasteiger partial charge in [-0.2, -0.15) is 0 Å². The molecule has 1 aromatic carbocycles. The molecule has 0 spiro atoms. The van der Waals surface area contributed by atoms with Crippen LogP contribution in [0.25, 0.3) is 0 Å². The van der Waals surface area contributed by atoms with Crippen LogP contribution in [-0.2, 0) is 11.2 Å². The molecule has 0 heterocycles. The molecular formula is C11H15FO2. The van der Waals surface area contributed by atoms with Crippen molar-refractivity contribution in [3.05, 3.63) is 35.6 Å². The van der Waals surface area contributed by atoms with Crippen molar-refractivity contribution in [3.63, 3.8) is 0 Å². The molecule has 14 heavy (non-hydrogen) atoms. The molecular weight excluding hydrogens is 183 g/mol. The summed E-state index contributed by atoms with van der Waals surface area (Å²) in [6, 6.07) is 6.38. The molecule has 1 N–H and O–H groups in total. The van der Waals surface area contributed by atoms with Crippen LogP contribution in [0.5, 0.6) is 0 Å². The summed E-state index contributed by atoms with van der Waals surface area (Å²) in [5, 5.41) is 8.86. The molecule has 3 heteroatoms. The Morgan fingerprint density at radius 2 is 2.00 bits per heavy atom. The monoisotopic (exact) mass is 198 g/mol. The molecule has 1 rings (SSSR count). The average Bonchev–Trinajstić information content (AvgIpc) is 2.22. The Labute approximate surface area is 83.3 Å². The summed E-state index contributed by atoms with van der Waals surface area (Å²) in [5.41, 5.74) is 1.06. The molecule has 0 amide bonds. The van der Waals surface area contributed by atoms with Crippen molar-refractivity contribution >= 4 is 0 Å². The van der Waals surface area contributed by atoms with E-state index in [1.807, 2.05) is 0 Å². The number of hydrogen-bond acceptors (Lipinski definition) is 2. The van der Waals surface area contributed by atoms with Gasteiger partial charge in [0.25, 0.3) is 0 Å². The lowest BCUT2D eigenvalue weighted by Gasteiger charge is -2.11. The Balaban J connectivity index is 2.41. The van der Waals surface area contributed by atoms with Gasteiger partial charge in [-0.15, -0.1) is 0 Å². The summed E-state index contributed by atoms with van der Waals surface area (Å²) in [4.78, 5) is 0. The summed E-state index contributed by atoms with van der Waals surface area (Å²) in [5.74, 6) is -0.223. The van der Waals surface area contributed by atoms with Gasteiger partial charge in [0.15, 0.2) is 0 Å². The smallest absolute Gasteiger partial charge is 0.123 e.